The number of benzene rings is 1. The van der Waals surface area contributed by atoms with Gasteiger partial charge in [-0.3, -0.25) is 0 Å². The van der Waals surface area contributed by atoms with E-state index in [1.807, 2.05) is 0 Å². The van der Waals surface area contributed by atoms with Crippen LogP contribution in [0.25, 0.3) is 5.57 Å². The van der Waals surface area contributed by atoms with Gasteiger partial charge in [0.25, 0.3) is 0 Å². The van der Waals surface area contributed by atoms with Crippen LogP contribution in [0.4, 0.5) is 25.2 Å². The van der Waals surface area contributed by atoms with E-state index in [9.17, 15) is 25.2 Å². The Balaban J connectivity index is -0.0000000822. The predicted molar refractivity (Wildman–Crippen MR) is 115 cm³/mol. The van der Waals surface area contributed by atoms with Crippen molar-refractivity contribution in [3.05, 3.63) is 53.6 Å². The summed E-state index contributed by atoms with van der Waals surface area (Å²) >= 11 is 0. The van der Waals surface area contributed by atoms with Crippen molar-refractivity contribution < 1.29 is 145 Å². The predicted octanol–water partition coefficient (Wildman–Crippen LogP) is -3.14. The van der Waals surface area contributed by atoms with Crippen LogP contribution in [0.15, 0.2) is 42.5 Å². The molecule has 32 heteroatoms. The van der Waals surface area contributed by atoms with Gasteiger partial charge >= 0.3 is 34.1 Å². The minimum atomic E-state index is -5.64. The molecule has 1 aliphatic carbocycles. The number of hydrogen-bond acceptors (Lipinski definition) is 18. The van der Waals surface area contributed by atoms with Crippen molar-refractivity contribution in [1.29, 1.82) is 0 Å². The first-order valence-electron chi connectivity index (χ1n) is 9.54. The van der Waals surface area contributed by atoms with Crippen LogP contribution in [0.2, 0.25) is 0 Å². The van der Waals surface area contributed by atoms with Gasteiger partial charge in [0.05, 0.1) is 0 Å². The van der Waals surface area contributed by atoms with E-state index >= 15 is 0 Å². The summed E-state index contributed by atoms with van der Waals surface area (Å²) in [5, 5.41) is 0. The zero-order valence-corrected chi connectivity index (χ0v) is 29.4. The van der Waals surface area contributed by atoms with Gasteiger partial charge in [-0.25, -0.2) is 25.2 Å². The topological polar surface area (TPSA) is 379 Å². The second-order valence-corrected chi connectivity index (χ2v) is 11.8. The van der Waals surface area contributed by atoms with Gasteiger partial charge in [-0.15, -0.1) is 0 Å². The first-order valence-corrected chi connectivity index (χ1v) is 18.1. The summed E-state index contributed by atoms with van der Waals surface area (Å²) < 4.78 is 111. The second kappa shape index (κ2) is 28.0. The molecule has 0 radical (unpaired) electrons. The van der Waals surface area contributed by atoms with E-state index in [1.165, 1.54) is 16.7 Å². The number of rotatable bonds is 2. The molecule has 0 aliphatic heterocycles. The molecule has 0 unspecified atom stereocenters. The van der Waals surface area contributed by atoms with Crippen LogP contribution in [0.1, 0.15) is 37.3 Å². The molecule has 18 nitrogen and oxygen atoms in total. The van der Waals surface area contributed by atoms with Gasteiger partial charge in [-0.05, 0) is 29.0 Å². The van der Waals surface area contributed by atoms with Crippen molar-refractivity contribution in [2.24, 2.45) is 0 Å². The molecule has 0 bridgehead atoms. The third kappa shape index (κ3) is 120. The quantitative estimate of drug-likeness (QED) is 0.161. The van der Waals surface area contributed by atoms with Crippen LogP contribution in [0.5, 0.6) is 0 Å². The van der Waals surface area contributed by atoms with Gasteiger partial charge in [-0.2, -0.15) is 0 Å². The second-order valence-electron chi connectivity index (χ2n) is 6.65. The zero-order chi connectivity index (χ0) is 37.0. The Bertz CT molecular complexity index is 1100. The van der Waals surface area contributed by atoms with Crippen LogP contribution in [-0.2, 0) is 61.5 Å². The standard InChI is InChI=1S/C14H16.6FH2O3P.2Fe/c1-11(2)13-9-5-6-10-14(13)12-7-3-4-8-12;6*1-5(2,3)4;;/h3-7,9-11H,8H2,1-2H3;6*(H2,2,3,4);;/q;;;;;;;2*+6/p-12. The molecule has 1 aliphatic rings. The largest absolute Gasteiger partial charge is 6.00 e. The molecule has 0 spiro atoms. The molecule has 2 rings (SSSR count). The van der Waals surface area contributed by atoms with Crippen molar-refractivity contribution >= 4 is 53.0 Å². The number of allylic oxidation sites excluding steroid dienone is 4. The normalized spacial score (nSPS) is 12.2. The fourth-order valence-corrected chi connectivity index (χ4v) is 1.94. The summed E-state index contributed by atoms with van der Waals surface area (Å²) in [7, 11) is -33.8. The minimum Gasteiger partial charge on any atom is -0.786 e. The van der Waals surface area contributed by atoms with E-state index in [2.05, 4.69) is 56.3 Å². The van der Waals surface area contributed by atoms with Crippen LogP contribution in [0.3, 0.4) is 0 Å². The van der Waals surface area contributed by atoms with Crippen molar-refractivity contribution in [2.45, 2.75) is 26.2 Å². The van der Waals surface area contributed by atoms with Gasteiger partial charge in [0.1, 0.15) is 47.4 Å². The third-order valence-electron chi connectivity index (χ3n) is 2.70. The van der Waals surface area contributed by atoms with E-state index < -0.39 is 47.4 Å². The van der Waals surface area contributed by atoms with Gasteiger partial charge in [-0.1, -0.05) is 56.3 Å². The van der Waals surface area contributed by atoms with Crippen LogP contribution < -0.4 is 58.7 Å². The van der Waals surface area contributed by atoms with Gasteiger partial charge in [0.2, 0.25) is 0 Å². The van der Waals surface area contributed by atoms with Gasteiger partial charge < -0.3 is 86.1 Å². The van der Waals surface area contributed by atoms with E-state index in [4.69, 9.17) is 86.1 Å². The molecule has 46 heavy (non-hydrogen) atoms. The maximum absolute atomic E-state index is 10.1. The molecule has 0 saturated heterocycles. The van der Waals surface area contributed by atoms with Crippen LogP contribution in [-0.4, -0.2) is 0 Å². The van der Waals surface area contributed by atoms with Crippen molar-refractivity contribution in [3.8, 4) is 0 Å². The Morgan fingerprint density at radius 3 is 0.978 bits per heavy atom. The minimum absolute atomic E-state index is 0. The summed E-state index contributed by atoms with van der Waals surface area (Å²) in [5.74, 6) is 0.604. The Labute approximate surface area is 277 Å². The fraction of sp³-hybridized carbons (Fsp3) is 0.286. The van der Waals surface area contributed by atoms with Crippen LogP contribution in [0, 0.1) is 0 Å². The molecule has 0 heterocycles. The molecule has 268 valence electrons. The molecule has 0 aromatic heterocycles. The average Bonchev–Trinajstić information content (AvgIpc) is 3.14. The van der Waals surface area contributed by atoms with Crippen molar-refractivity contribution in [1.82, 2.24) is 0 Å². The van der Waals surface area contributed by atoms with Crippen molar-refractivity contribution in [2.75, 3.05) is 0 Å². The summed E-state index contributed by atoms with van der Waals surface area (Å²) in [5.41, 5.74) is 4.34. The molecule has 0 saturated carbocycles. The summed E-state index contributed by atoms with van der Waals surface area (Å²) in [6.07, 6.45) is 7.67. The number of hydrogen-bond donors (Lipinski definition) is 0. The summed E-state index contributed by atoms with van der Waals surface area (Å²) in [6.45, 7) is 4.50. The molecule has 0 atom stereocenters. The zero-order valence-electron chi connectivity index (χ0n) is 21.8. The first-order chi connectivity index (χ1) is 18.8. The Morgan fingerprint density at radius 2 is 0.783 bits per heavy atom. The summed E-state index contributed by atoms with van der Waals surface area (Å²) in [4.78, 5) is 101. The Morgan fingerprint density at radius 1 is 0.543 bits per heavy atom. The smallest absolute Gasteiger partial charge is 0.786 e. The van der Waals surface area contributed by atoms with E-state index in [0.29, 0.717) is 5.92 Å². The monoisotopic (exact) mass is 884 g/mol. The average molecular weight is 884 g/mol. The molecule has 1 aromatic rings. The number of halogens is 6. The van der Waals surface area contributed by atoms with Crippen molar-refractivity contribution in [3.63, 3.8) is 0 Å². The van der Waals surface area contributed by atoms with E-state index in [1.54, 1.807) is 0 Å². The van der Waals surface area contributed by atoms with Crippen LogP contribution >= 0.6 is 47.4 Å². The SMILES string of the molecule is CC(C)c1ccccc1C1=CC=CC1.O=P([O-])([O-])F.O=P([O-])([O-])F.O=P([O-])([O-])F.O=P([O-])([O-])F.O=P([O-])([O-])F.O=P([O-])([O-])F.[Fe+6].[Fe+6]. The Kier molecular flexibility index (Phi) is 37.4. The summed E-state index contributed by atoms with van der Waals surface area (Å²) in [6, 6.07) is 8.72. The first kappa shape index (κ1) is 61.4. The third-order valence-corrected chi connectivity index (χ3v) is 2.70. The molecular formula is C14H16F6Fe2O18P6. The maximum Gasteiger partial charge on any atom is 6.00 e. The molecular weight excluding hydrogens is 868 g/mol. The fourth-order valence-electron chi connectivity index (χ4n) is 1.94. The van der Waals surface area contributed by atoms with Gasteiger partial charge in [0.15, 0.2) is 0 Å². The van der Waals surface area contributed by atoms with E-state index in [-0.39, 0.29) is 34.1 Å². The molecule has 0 amide bonds. The maximum atomic E-state index is 10.1. The molecule has 0 fully saturated rings. The molecule has 0 N–H and O–H groups in total. The molecule has 1 aromatic carbocycles. The van der Waals surface area contributed by atoms with Gasteiger partial charge in [0, 0.05) is 0 Å². The van der Waals surface area contributed by atoms with E-state index in [0.717, 1.165) is 6.42 Å². The Hall–Kier alpha value is 0.219.